The topological polar surface area (TPSA) is 168 Å². The first-order chi connectivity index (χ1) is 17.9. The molecule has 13 heteroatoms. The molecule has 1 aliphatic heterocycles. The van der Waals surface area contributed by atoms with E-state index in [9.17, 15) is 19.2 Å². The number of amides is 4. The third kappa shape index (κ3) is 10.6. The molecule has 0 aromatic heterocycles. The largest absolute Gasteiger partial charge is 0.465 e. The minimum absolute atomic E-state index is 0.00515. The van der Waals surface area contributed by atoms with Gasteiger partial charge in [-0.25, -0.2) is 9.59 Å². The van der Waals surface area contributed by atoms with E-state index in [0.717, 1.165) is 0 Å². The lowest BCUT2D eigenvalue weighted by molar-refractivity contribution is -0.146. The Morgan fingerprint density at radius 1 is 1.13 bits per heavy atom. The van der Waals surface area contributed by atoms with E-state index in [2.05, 4.69) is 21.1 Å². The van der Waals surface area contributed by atoms with Gasteiger partial charge in [0.15, 0.2) is 5.84 Å². The number of hydrogen-bond donors (Lipinski definition) is 4. The highest BCUT2D eigenvalue weighted by molar-refractivity contribution is 6.02. The van der Waals surface area contributed by atoms with E-state index in [1.807, 2.05) is 39.8 Å². The fourth-order valence-corrected chi connectivity index (χ4v) is 3.30. The van der Waals surface area contributed by atoms with Gasteiger partial charge in [0, 0.05) is 37.4 Å². The lowest BCUT2D eigenvalue weighted by Gasteiger charge is -2.18. The van der Waals surface area contributed by atoms with E-state index < -0.39 is 24.1 Å². The summed E-state index contributed by atoms with van der Waals surface area (Å²) in [5.41, 5.74) is 6.90. The van der Waals surface area contributed by atoms with Crippen LogP contribution in [0.15, 0.2) is 29.4 Å². The van der Waals surface area contributed by atoms with Crippen LogP contribution < -0.4 is 26.6 Å². The van der Waals surface area contributed by atoms with Crippen LogP contribution >= 0.6 is 0 Å². The molecule has 1 aromatic rings. The molecule has 2 rings (SSSR count). The minimum atomic E-state index is -0.711. The van der Waals surface area contributed by atoms with Gasteiger partial charge in [-0.3, -0.25) is 14.4 Å². The van der Waals surface area contributed by atoms with E-state index >= 15 is 0 Å². The summed E-state index contributed by atoms with van der Waals surface area (Å²) in [4.78, 5) is 56.7. The molecule has 0 aliphatic carbocycles. The average molecular weight is 534 g/mol. The Bertz CT molecular complexity index is 1000. The van der Waals surface area contributed by atoms with Gasteiger partial charge in [-0.15, -0.1) is 0 Å². The highest BCUT2D eigenvalue weighted by atomic mass is 16.7. The Morgan fingerprint density at radius 3 is 2.45 bits per heavy atom. The predicted octanol–water partition coefficient (Wildman–Crippen LogP) is 0.979. The molecule has 4 amide bonds. The van der Waals surface area contributed by atoms with Crippen molar-refractivity contribution in [2.45, 2.75) is 39.7 Å². The number of ether oxygens (including phenoxy) is 1. The third-order valence-corrected chi connectivity index (χ3v) is 5.32. The maximum Gasteiger partial charge on any atom is 0.433 e. The Labute approximate surface area is 223 Å². The quantitative estimate of drug-likeness (QED) is 0.107. The van der Waals surface area contributed by atoms with Crippen molar-refractivity contribution in [2.24, 2.45) is 16.3 Å². The van der Waals surface area contributed by atoms with E-state index in [0.29, 0.717) is 43.9 Å². The van der Waals surface area contributed by atoms with Crippen molar-refractivity contribution in [1.82, 2.24) is 20.9 Å². The first kappa shape index (κ1) is 30.4. The maximum atomic E-state index is 12.8. The summed E-state index contributed by atoms with van der Waals surface area (Å²) in [5.74, 6) is -0.644. The summed E-state index contributed by atoms with van der Waals surface area (Å²) in [6.45, 7) is 7.75. The molecule has 13 nitrogen and oxygen atoms in total. The van der Waals surface area contributed by atoms with Gasteiger partial charge >= 0.3 is 18.1 Å². The molecule has 1 aliphatic rings. The smallest absolute Gasteiger partial charge is 0.433 e. The van der Waals surface area contributed by atoms with E-state index in [1.165, 1.54) is 0 Å². The number of carbonyl (C=O) groups excluding carboxylic acids is 4. The van der Waals surface area contributed by atoms with Gasteiger partial charge in [0.2, 0.25) is 5.91 Å². The Hall–Kier alpha value is -3.87. The highest BCUT2D eigenvalue weighted by Crippen LogP contribution is 2.22. The number of esters is 1. The lowest BCUT2D eigenvalue weighted by Crippen LogP contribution is -2.46. The number of anilines is 1. The Kier molecular flexibility index (Phi) is 11.3. The van der Waals surface area contributed by atoms with E-state index in [4.69, 9.17) is 15.3 Å². The zero-order valence-electron chi connectivity index (χ0n) is 22.7. The second kappa shape index (κ2) is 14.2. The molecule has 0 unspecified atom stereocenters. The van der Waals surface area contributed by atoms with Gasteiger partial charge in [-0.2, -0.15) is 0 Å². The van der Waals surface area contributed by atoms with Crippen LogP contribution in [-0.4, -0.2) is 87.7 Å². The van der Waals surface area contributed by atoms with Crippen molar-refractivity contribution in [3.8, 4) is 0 Å². The molecule has 1 saturated heterocycles. The van der Waals surface area contributed by atoms with Crippen molar-refractivity contribution in [3.63, 3.8) is 0 Å². The molecule has 1 fully saturated rings. The highest BCUT2D eigenvalue weighted by Gasteiger charge is 2.33. The number of urea groups is 1. The number of benzene rings is 1. The molecule has 1 aromatic carbocycles. The van der Waals surface area contributed by atoms with Gasteiger partial charge in [-0.05, 0) is 50.2 Å². The van der Waals surface area contributed by atoms with Gasteiger partial charge in [0.1, 0.15) is 6.04 Å². The number of nitrogens with zero attached hydrogens (tertiary/aromatic N) is 3. The number of rotatable bonds is 11. The van der Waals surface area contributed by atoms with Crippen LogP contribution in [0.1, 0.15) is 39.2 Å². The standard InChI is InChI=1S/C25H39N7O6/c1-25(2,3)16-37-20(33)10-12-27-23(35)29-19-11-14-32(22(19)34)18-8-6-17(7-9-18)21(26)30-38-24(36)28-13-15-31(4)5/h6-9,19H,10-16H2,1-5H3,(H2,26,30)(H,28,36)(H2,27,29,35)/t19-/m0/s1. The van der Waals surface area contributed by atoms with Crippen LogP contribution in [0, 0.1) is 5.41 Å². The molecule has 38 heavy (non-hydrogen) atoms. The average Bonchev–Trinajstić information content (AvgIpc) is 3.20. The normalized spacial score (nSPS) is 15.8. The minimum Gasteiger partial charge on any atom is -0.465 e. The fraction of sp³-hybridized carbons (Fsp3) is 0.560. The molecule has 0 bridgehead atoms. The van der Waals surface area contributed by atoms with Crippen LogP contribution in [0.5, 0.6) is 0 Å². The van der Waals surface area contributed by atoms with Crippen LogP contribution in [0.4, 0.5) is 15.3 Å². The van der Waals surface area contributed by atoms with Gasteiger partial charge in [0.25, 0.3) is 0 Å². The first-order valence-corrected chi connectivity index (χ1v) is 12.4. The van der Waals surface area contributed by atoms with E-state index in [1.54, 1.807) is 29.2 Å². The molecule has 0 radical (unpaired) electrons. The Morgan fingerprint density at radius 2 is 1.82 bits per heavy atom. The number of carbonyl (C=O) groups is 4. The second-order valence-electron chi connectivity index (χ2n) is 10.3. The second-order valence-corrected chi connectivity index (χ2v) is 10.3. The first-order valence-electron chi connectivity index (χ1n) is 12.4. The predicted molar refractivity (Wildman–Crippen MR) is 143 cm³/mol. The number of nitrogens with two attached hydrogens (primary N) is 1. The molecular formula is C25H39N7O6. The maximum absolute atomic E-state index is 12.8. The molecule has 5 N–H and O–H groups in total. The van der Waals surface area contributed by atoms with Crippen LogP contribution in [0.3, 0.4) is 0 Å². The van der Waals surface area contributed by atoms with Gasteiger partial charge in [0.05, 0.1) is 13.0 Å². The van der Waals surface area contributed by atoms with Crippen LogP contribution in [0.2, 0.25) is 0 Å². The van der Waals surface area contributed by atoms with Crippen molar-refractivity contribution in [1.29, 1.82) is 0 Å². The third-order valence-electron chi connectivity index (χ3n) is 5.32. The fourth-order valence-electron chi connectivity index (χ4n) is 3.30. The molecule has 210 valence electrons. The van der Waals surface area contributed by atoms with Crippen LogP contribution in [0.25, 0.3) is 0 Å². The monoisotopic (exact) mass is 533 g/mol. The summed E-state index contributed by atoms with van der Waals surface area (Å²) in [5, 5.41) is 11.4. The van der Waals surface area contributed by atoms with Gasteiger partial charge < -0.3 is 36.2 Å². The zero-order valence-corrected chi connectivity index (χ0v) is 22.7. The summed E-state index contributed by atoms with van der Waals surface area (Å²) in [7, 11) is 3.77. The lowest BCUT2D eigenvalue weighted by atomic mass is 9.99. The van der Waals surface area contributed by atoms with E-state index in [-0.39, 0.29) is 30.1 Å². The molecular weight excluding hydrogens is 494 g/mol. The van der Waals surface area contributed by atoms with Gasteiger partial charge in [-0.1, -0.05) is 25.9 Å². The van der Waals surface area contributed by atoms with Crippen molar-refractivity contribution in [3.05, 3.63) is 29.8 Å². The summed E-state index contributed by atoms with van der Waals surface area (Å²) < 4.78 is 5.16. The number of nitrogens with one attached hydrogen (secondary N) is 3. The summed E-state index contributed by atoms with van der Waals surface area (Å²) in [6, 6.07) is 5.48. The molecule has 0 spiro atoms. The molecule has 1 heterocycles. The van der Waals surface area contributed by atoms with Crippen molar-refractivity contribution >= 4 is 35.5 Å². The van der Waals surface area contributed by atoms with Crippen molar-refractivity contribution < 1.29 is 28.8 Å². The van der Waals surface area contributed by atoms with Crippen LogP contribution in [-0.2, 0) is 19.2 Å². The molecule has 0 saturated carbocycles. The number of hydrogen-bond acceptors (Lipinski definition) is 8. The molecule has 1 atom stereocenters. The summed E-state index contributed by atoms with van der Waals surface area (Å²) in [6.07, 6.45) is -0.238. The number of likely N-dealkylation sites (N-methyl/N-ethyl adjacent to an activating group) is 1. The number of oxime groups is 1. The zero-order chi connectivity index (χ0) is 28.3. The summed E-state index contributed by atoms with van der Waals surface area (Å²) >= 11 is 0. The van der Waals surface area contributed by atoms with Crippen molar-refractivity contribution in [2.75, 3.05) is 51.8 Å². The number of amidine groups is 1. The SMILES string of the molecule is CN(C)CCNC(=O)ON=C(N)c1ccc(N2CC[C@H](NC(=O)NCCC(=O)OCC(C)(C)C)C2=O)cc1. The Balaban J connectivity index is 1.79.